The molecule has 1 N–H and O–H groups in total. The molecule has 0 unspecified atom stereocenters. The lowest BCUT2D eigenvalue weighted by atomic mass is 10.1. The van der Waals surface area contributed by atoms with Crippen LogP contribution in [0.1, 0.15) is 11.1 Å². The second-order valence-corrected chi connectivity index (χ2v) is 5.44. The number of carbonyl (C=O) groups is 1. The molecule has 23 heavy (non-hydrogen) atoms. The van der Waals surface area contributed by atoms with Gasteiger partial charge in [0, 0.05) is 36.3 Å². The predicted octanol–water partition coefficient (Wildman–Crippen LogP) is 3.32. The molecule has 0 aliphatic rings. The van der Waals surface area contributed by atoms with Gasteiger partial charge in [-0.1, -0.05) is 24.3 Å². The van der Waals surface area contributed by atoms with Crippen molar-refractivity contribution in [1.82, 2.24) is 9.88 Å². The second kappa shape index (κ2) is 6.20. The number of halogens is 2. The summed E-state index contributed by atoms with van der Waals surface area (Å²) in [5.74, 6) is -1.59. The van der Waals surface area contributed by atoms with Gasteiger partial charge >= 0.3 is 0 Å². The molecule has 2 aromatic carbocycles. The van der Waals surface area contributed by atoms with E-state index >= 15 is 0 Å². The molecule has 0 radical (unpaired) electrons. The lowest BCUT2D eigenvalue weighted by Gasteiger charge is -2.07. The Morgan fingerprint density at radius 3 is 2.52 bits per heavy atom. The number of hydrogen-bond acceptors (Lipinski definition) is 1. The summed E-state index contributed by atoms with van der Waals surface area (Å²) in [6.07, 6.45) is 2.06. The van der Waals surface area contributed by atoms with Crippen LogP contribution in [0.3, 0.4) is 0 Å². The van der Waals surface area contributed by atoms with E-state index in [2.05, 4.69) is 5.32 Å². The van der Waals surface area contributed by atoms with Gasteiger partial charge in [-0.2, -0.15) is 0 Å². The van der Waals surface area contributed by atoms with Crippen LogP contribution in [0.25, 0.3) is 10.9 Å². The highest BCUT2D eigenvalue weighted by molar-refractivity contribution is 5.89. The third kappa shape index (κ3) is 3.08. The van der Waals surface area contributed by atoms with Crippen molar-refractivity contribution in [3.8, 4) is 0 Å². The Bertz CT molecular complexity index is 850. The maximum Gasteiger partial charge on any atom is 0.224 e. The molecule has 0 aliphatic heterocycles. The van der Waals surface area contributed by atoms with Crippen LogP contribution in [-0.4, -0.2) is 10.5 Å². The number of nitrogens with one attached hydrogen (secondary N) is 1. The van der Waals surface area contributed by atoms with Crippen LogP contribution in [0.5, 0.6) is 0 Å². The smallest absolute Gasteiger partial charge is 0.224 e. The number of aromatic nitrogens is 1. The van der Waals surface area contributed by atoms with Gasteiger partial charge < -0.3 is 9.88 Å². The molecule has 5 heteroatoms. The van der Waals surface area contributed by atoms with Crippen molar-refractivity contribution in [1.29, 1.82) is 0 Å². The van der Waals surface area contributed by atoms with Crippen molar-refractivity contribution in [2.45, 2.75) is 13.0 Å². The van der Waals surface area contributed by atoms with Crippen molar-refractivity contribution in [3.63, 3.8) is 0 Å². The summed E-state index contributed by atoms with van der Waals surface area (Å²) in [7, 11) is 1.92. The Morgan fingerprint density at radius 2 is 1.78 bits per heavy atom. The van der Waals surface area contributed by atoms with Gasteiger partial charge in [-0.05, 0) is 23.8 Å². The molecule has 0 saturated heterocycles. The Kier molecular flexibility index (Phi) is 4.10. The third-order valence-electron chi connectivity index (χ3n) is 3.85. The molecule has 0 saturated carbocycles. The van der Waals surface area contributed by atoms with Gasteiger partial charge in [0.15, 0.2) is 0 Å². The van der Waals surface area contributed by atoms with Crippen molar-refractivity contribution in [2.75, 3.05) is 0 Å². The molecular formula is C18H16F2N2O. The SMILES string of the molecule is Cn1cc(CC(=O)NCc2c(F)cccc2F)c2ccccc21. The van der Waals surface area contributed by atoms with Crippen LogP contribution >= 0.6 is 0 Å². The van der Waals surface area contributed by atoms with Gasteiger partial charge in [0.1, 0.15) is 11.6 Å². The standard InChI is InChI=1S/C18H16F2N2O/c1-22-11-12(13-5-2-3-8-17(13)22)9-18(23)21-10-14-15(19)6-4-7-16(14)20/h2-8,11H,9-10H2,1H3,(H,21,23). The molecular weight excluding hydrogens is 298 g/mol. The zero-order valence-corrected chi connectivity index (χ0v) is 12.6. The minimum atomic E-state index is -0.657. The molecule has 0 fully saturated rings. The molecule has 0 bridgehead atoms. The highest BCUT2D eigenvalue weighted by Crippen LogP contribution is 2.20. The van der Waals surface area contributed by atoms with E-state index in [-0.39, 0.29) is 24.4 Å². The number of fused-ring (bicyclic) bond motifs is 1. The van der Waals surface area contributed by atoms with Gasteiger partial charge in [-0.15, -0.1) is 0 Å². The normalized spacial score (nSPS) is 10.9. The first kappa shape index (κ1) is 15.2. The fourth-order valence-corrected chi connectivity index (χ4v) is 2.69. The third-order valence-corrected chi connectivity index (χ3v) is 3.85. The zero-order chi connectivity index (χ0) is 16.4. The van der Waals surface area contributed by atoms with E-state index in [0.717, 1.165) is 16.5 Å². The minimum Gasteiger partial charge on any atom is -0.352 e. The van der Waals surface area contributed by atoms with E-state index in [1.54, 1.807) is 0 Å². The van der Waals surface area contributed by atoms with E-state index in [1.165, 1.54) is 18.2 Å². The average molecular weight is 314 g/mol. The Hall–Kier alpha value is -2.69. The molecule has 1 amide bonds. The molecule has 3 nitrogen and oxygen atoms in total. The van der Waals surface area contributed by atoms with Gasteiger partial charge in [0.05, 0.1) is 6.42 Å². The summed E-state index contributed by atoms with van der Waals surface area (Å²) in [4.78, 5) is 12.1. The summed E-state index contributed by atoms with van der Waals surface area (Å²) in [5, 5.41) is 3.58. The fourth-order valence-electron chi connectivity index (χ4n) is 2.69. The number of rotatable bonds is 4. The molecule has 118 valence electrons. The minimum absolute atomic E-state index is 0.126. The molecule has 0 atom stereocenters. The summed E-state index contributed by atoms with van der Waals surface area (Å²) in [6.45, 7) is -0.165. The van der Waals surface area contributed by atoms with E-state index in [1.807, 2.05) is 42.1 Å². The highest BCUT2D eigenvalue weighted by atomic mass is 19.1. The molecule has 0 spiro atoms. The zero-order valence-electron chi connectivity index (χ0n) is 12.6. The summed E-state index contributed by atoms with van der Waals surface area (Å²) in [5.41, 5.74) is 1.80. The maximum absolute atomic E-state index is 13.5. The van der Waals surface area contributed by atoms with E-state index in [0.29, 0.717) is 0 Å². The largest absolute Gasteiger partial charge is 0.352 e. The first-order chi connectivity index (χ1) is 11.1. The van der Waals surface area contributed by atoms with Gasteiger partial charge in [0.25, 0.3) is 0 Å². The highest BCUT2D eigenvalue weighted by Gasteiger charge is 2.12. The average Bonchev–Trinajstić information content (AvgIpc) is 2.83. The number of carbonyl (C=O) groups excluding carboxylic acids is 1. The van der Waals surface area contributed by atoms with Crippen LogP contribution in [0.15, 0.2) is 48.7 Å². The number of aryl methyl sites for hydroxylation is 1. The van der Waals surface area contributed by atoms with Crippen molar-refractivity contribution in [3.05, 3.63) is 71.4 Å². The number of amides is 1. The van der Waals surface area contributed by atoms with Crippen molar-refractivity contribution in [2.24, 2.45) is 7.05 Å². The lowest BCUT2D eigenvalue weighted by molar-refractivity contribution is -0.120. The number of para-hydroxylation sites is 1. The Morgan fingerprint density at radius 1 is 1.09 bits per heavy atom. The topological polar surface area (TPSA) is 34.0 Å². The molecule has 1 heterocycles. The van der Waals surface area contributed by atoms with Crippen LogP contribution in [0, 0.1) is 11.6 Å². The lowest BCUT2D eigenvalue weighted by Crippen LogP contribution is -2.25. The maximum atomic E-state index is 13.5. The number of benzene rings is 2. The van der Waals surface area contributed by atoms with Crippen LogP contribution < -0.4 is 5.32 Å². The van der Waals surface area contributed by atoms with E-state index in [9.17, 15) is 13.6 Å². The van der Waals surface area contributed by atoms with Gasteiger partial charge in [0.2, 0.25) is 5.91 Å². The van der Waals surface area contributed by atoms with Crippen molar-refractivity contribution >= 4 is 16.8 Å². The van der Waals surface area contributed by atoms with Crippen LogP contribution in [0.4, 0.5) is 8.78 Å². The summed E-state index contributed by atoms with van der Waals surface area (Å²) < 4.78 is 29.0. The van der Waals surface area contributed by atoms with E-state index < -0.39 is 11.6 Å². The monoisotopic (exact) mass is 314 g/mol. The van der Waals surface area contributed by atoms with Gasteiger partial charge in [-0.3, -0.25) is 4.79 Å². The Labute approximate surface area is 132 Å². The molecule has 0 aliphatic carbocycles. The number of nitrogens with zero attached hydrogens (tertiary/aromatic N) is 1. The van der Waals surface area contributed by atoms with Crippen LogP contribution in [-0.2, 0) is 24.8 Å². The molecule has 3 aromatic rings. The fraction of sp³-hybridized carbons (Fsp3) is 0.167. The Balaban J connectivity index is 1.72. The summed E-state index contributed by atoms with van der Waals surface area (Å²) in [6, 6.07) is 11.4. The first-order valence-corrected chi connectivity index (χ1v) is 7.29. The van der Waals surface area contributed by atoms with E-state index in [4.69, 9.17) is 0 Å². The molecule has 3 rings (SSSR count). The summed E-state index contributed by atoms with van der Waals surface area (Å²) >= 11 is 0. The predicted molar refractivity (Wildman–Crippen MR) is 84.8 cm³/mol. The second-order valence-electron chi connectivity index (χ2n) is 5.44. The quantitative estimate of drug-likeness (QED) is 0.787. The first-order valence-electron chi connectivity index (χ1n) is 7.29. The van der Waals surface area contributed by atoms with Crippen LogP contribution in [0.2, 0.25) is 0 Å². The van der Waals surface area contributed by atoms with Crippen molar-refractivity contribution < 1.29 is 13.6 Å². The van der Waals surface area contributed by atoms with Gasteiger partial charge in [-0.25, -0.2) is 8.78 Å². The number of hydrogen-bond donors (Lipinski definition) is 1. The molecule has 1 aromatic heterocycles.